The van der Waals surface area contributed by atoms with Gasteiger partial charge in [0.2, 0.25) is 0 Å². The summed E-state index contributed by atoms with van der Waals surface area (Å²) >= 11 is 0. The van der Waals surface area contributed by atoms with E-state index in [0.29, 0.717) is 12.5 Å². The van der Waals surface area contributed by atoms with Crippen molar-refractivity contribution >= 4 is 11.8 Å². The van der Waals surface area contributed by atoms with Crippen LogP contribution < -0.4 is 10.9 Å². The normalized spacial score (nSPS) is 15.8. The Morgan fingerprint density at radius 3 is 2.75 bits per heavy atom. The summed E-state index contributed by atoms with van der Waals surface area (Å²) in [7, 11) is 0. The number of rotatable bonds is 5. The molecule has 0 saturated carbocycles. The van der Waals surface area contributed by atoms with Gasteiger partial charge in [-0.25, -0.2) is 4.98 Å². The predicted octanol–water partition coefficient (Wildman–Crippen LogP) is 1.49. The van der Waals surface area contributed by atoms with Crippen LogP contribution in [0.4, 0.5) is 5.82 Å². The first kappa shape index (κ1) is 14.3. The molecule has 0 fully saturated rings. The fraction of sp³-hybridized carbons (Fsp3) is 0.500. The van der Waals surface area contributed by atoms with Crippen LogP contribution in [0.15, 0.2) is 29.3 Å². The topological polar surface area (TPSA) is 84.2 Å². The first-order valence-electron chi connectivity index (χ1n) is 6.83. The van der Waals surface area contributed by atoms with Crippen LogP contribution in [0.3, 0.4) is 0 Å². The van der Waals surface area contributed by atoms with Crippen LogP contribution in [0.5, 0.6) is 0 Å². The van der Waals surface area contributed by atoms with Gasteiger partial charge in [-0.1, -0.05) is 12.2 Å². The van der Waals surface area contributed by atoms with Crippen LogP contribution >= 0.6 is 0 Å². The molecule has 0 spiro atoms. The smallest absolute Gasteiger partial charge is 0.323 e. The first-order chi connectivity index (χ1) is 9.66. The minimum atomic E-state index is -1.04. The third-order valence-corrected chi connectivity index (χ3v) is 3.43. The van der Waals surface area contributed by atoms with Crippen molar-refractivity contribution in [3.63, 3.8) is 0 Å². The summed E-state index contributed by atoms with van der Waals surface area (Å²) in [5, 5.41) is 11.8. The third-order valence-electron chi connectivity index (χ3n) is 3.43. The Bertz CT molecular complexity index is 541. The van der Waals surface area contributed by atoms with E-state index in [1.54, 1.807) is 0 Å². The third kappa shape index (κ3) is 3.94. The zero-order valence-electron chi connectivity index (χ0n) is 11.3. The molecule has 2 N–H and O–H groups in total. The van der Waals surface area contributed by atoms with E-state index in [2.05, 4.69) is 22.5 Å². The van der Waals surface area contributed by atoms with Crippen LogP contribution in [0, 0.1) is 5.92 Å². The van der Waals surface area contributed by atoms with E-state index in [-0.39, 0.29) is 17.9 Å². The zero-order valence-corrected chi connectivity index (χ0v) is 11.3. The Labute approximate surface area is 117 Å². The molecule has 6 nitrogen and oxygen atoms in total. The average Bonchev–Trinajstić information content (AvgIpc) is 2.68. The van der Waals surface area contributed by atoms with Crippen molar-refractivity contribution in [2.75, 3.05) is 11.9 Å². The average molecular weight is 277 g/mol. The van der Waals surface area contributed by atoms with Crippen molar-refractivity contribution in [3.8, 4) is 0 Å². The second-order valence-corrected chi connectivity index (χ2v) is 4.98. The quantitative estimate of drug-likeness (QED) is 0.796. The van der Waals surface area contributed by atoms with E-state index < -0.39 is 5.97 Å². The molecule has 1 aliphatic rings. The molecule has 1 heterocycles. The SMILES string of the molecule is O=C(O)Cn1ccnc(NCC2CCC=CCC2)c1=O. The molecule has 20 heavy (non-hydrogen) atoms. The maximum atomic E-state index is 12.0. The summed E-state index contributed by atoms with van der Waals surface area (Å²) in [6, 6.07) is 0. The van der Waals surface area contributed by atoms with E-state index in [1.165, 1.54) is 12.4 Å². The minimum Gasteiger partial charge on any atom is -0.480 e. The molecule has 0 bridgehead atoms. The summed E-state index contributed by atoms with van der Waals surface area (Å²) in [6.07, 6.45) is 11.6. The summed E-state index contributed by atoms with van der Waals surface area (Å²) in [6.45, 7) is 0.352. The van der Waals surface area contributed by atoms with Crippen molar-refractivity contribution in [1.29, 1.82) is 0 Å². The number of hydrogen-bond donors (Lipinski definition) is 2. The zero-order chi connectivity index (χ0) is 14.4. The van der Waals surface area contributed by atoms with Gasteiger partial charge >= 0.3 is 5.97 Å². The summed E-state index contributed by atoms with van der Waals surface area (Å²) in [5.41, 5.74) is -0.387. The number of carboxylic acids is 1. The van der Waals surface area contributed by atoms with Gasteiger partial charge < -0.3 is 10.4 Å². The molecular weight excluding hydrogens is 258 g/mol. The summed E-state index contributed by atoms with van der Waals surface area (Å²) in [4.78, 5) is 26.7. The van der Waals surface area contributed by atoms with Gasteiger partial charge in [0, 0.05) is 18.9 Å². The lowest BCUT2D eigenvalue weighted by atomic mass is 10.0. The molecule has 0 radical (unpaired) electrons. The molecule has 0 unspecified atom stereocenters. The highest BCUT2D eigenvalue weighted by Crippen LogP contribution is 2.18. The Morgan fingerprint density at radius 2 is 2.10 bits per heavy atom. The van der Waals surface area contributed by atoms with Gasteiger partial charge in [0.15, 0.2) is 5.82 Å². The number of carboxylic acid groups (broad SMARTS) is 1. The van der Waals surface area contributed by atoms with E-state index in [1.807, 2.05) is 0 Å². The number of hydrogen-bond acceptors (Lipinski definition) is 4. The second-order valence-electron chi connectivity index (χ2n) is 4.98. The van der Waals surface area contributed by atoms with Crippen molar-refractivity contribution in [2.24, 2.45) is 5.92 Å². The number of allylic oxidation sites excluding steroid dienone is 2. The molecule has 1 aromatic heterocycles. The van der Waals surface area contributed by atoms with Crippen molar-refractivity contribution in [1.82, 2.24) is 9.55 Å². The fourth-order valence-electron chi connectivity index (χ4n) is 2.33. The Morgan fingerprint density at radius 1 is 1.40 bits per heavy atom. The number of carbonyl (C=O) groups is 1. The van der Waals surface area contributed by atoms with Crippen LogP contribution in [0.2, 0.25) is 0 Å². The maximum Gasteiger partial charge on any atom is 0.323 e. The lowest BCUT2D eigenvalue weighted by Gasteiger charge is -2.15. The maximum absolute atomic E-state index is 12.0. The van der Waals surface area contributed by atoms with E-state index in [0.717, 1.165) is 30.3 Å². The monoisotopic (exact) mass is 277 g/mol. The van der Waals surface area contributed by atoms with Crippen molar-refractivity contribution in [2.45, 2.75) is 32.2 Å². The van der Waals surface area contributed by atoms with Crippen LogP contribution in [-0.2, 0) is 11.3 Å². The molecular formula is C14H19N3O3. The highest BCUT2D eigenvalue weighted by Gasteiger charge is 2.12. The molecule has 0 aliphatic heterocycles. The van der Waals surface area contributed by atoms with Gasteiger partial charge in [-0.3, -0.25) is 14.2 Å². The number of anilines is 1. The molecule has 0 aromatic carbocycles. The lowest BCUT2D eigenvalue weighted by molar-refractivity contribution is -0.137. The molecule has 0 saturated heterocycles. The minimum absolute atomic E-state index is 0.228. The lowest BCUT2D eigenvalue weighted by Crippen LogP contribution is -2.28. The second kappa shape index (κ2) is 6.88. The van der Waals surface area contributed by atoms with Crippen molar-refractivity contribution in [3.05, 3.63) is 34.9 Å². The standard InChI is InChI=1S/C14H19N3O3/c18-12(19)10-17-8-7-15-13(14(17)20)16-9-11-5-3-1-2-4-6-11/h1-2,7-8,11H,3-6,9-10H2,(H,15,16)(H,18,19). The molecule has 6 heteroatoms. The fourth-order valence-corrected chi connectivity index (χ4v) is 2.33. The number of aliphatic carboxylic acids is 1. The van der Waals surface area contributed by atoms with Gasteiger partial charge in [0.1, 0.15) is 6.54 Å². The van der Waals surface area contributed by atoms with Gasteiger partial charge in [-0.15, -0.1) is 0 Å². The Kier molecular flexibility index (Phi) is 4.92. The molecule has 108 valence electrons. The molecule has 2 rings (SSSR count). The van der Waals surface area contributed by atoms with Gasteiger partial charge in [0.25, 0.3) is 5.56 Å². The van der Waals surface area contributed by atoms with Crippen LogP contribution in [0.25, 0.3) is 0 Å². The molecule has 0 atom stereocenters. The molecule has 0 amide bonds. The highest BCUT2D eigenvalue weighted by molar-refractivity contribution is 5.66. The summed E-state index contributed by atoms with van der Waals surface area (Å²) in [5.74, 6) is -0.302. The first-order valence-corrected chi connectivity index (χ1v) is 6.83. The Hall–Kier alpha value is -2.11. The largest absolute Gasteiger partial charge is 0.480 e. The summed E-state index contributed by atoms with van der Waals surface area (Å²) < 4.78 is 1.15. The van der Waals surface area contributed by atoms with Gasteiger partial charge in [-0.05, 0) is 31.6 Å². The highest BCUT2D eigenvalue weighted by atomic mass is 16.4. The number of nitrogens with one attached hydrogen (secondary N) is 1. The number of aromatic nitrogens is 2. The van der Waals surface area contributed by atoms with Gasteiger partial charge in [-0.2, -0.15) is 0 Å². The van der Waals surface area contributed by atoms with E-state index >= 15 is 0 Å². The predicted molar refractivity (Wildman–Crippen MR) is 75.7 cm³/mol. The molecule has 1 aliphatic carbocycles. The van der Waals surface area contributed by atoms with E-state index in [9.17, 15) is 9.59 Å². The number of nitrogens with zero attached hydrogens (tertiary/aromatic N) is 2. The van der Waals surface area contributed by atoms with Crippen molar-refractivity contribution < 1.29 is 9.90 Å². The van der Waals surface area contributed by atoms with E-state index in [4.69, 9.17) is 5.11 Å². The van der Waals surface area contributed by atoms with Crippen LogP contribution in [-0.4, -0.2) is 27.2 Å². The molecule has 1 aromatic rings. The Balaban J connectivity index is 1.99. The van der Waals surface area contributed by atoms with Crippen LogP contribution in [0.1, 0.15) is 25.7 Å². The van der Waals surface area contributed by atoms with Gasteiger partial charge in [0.05, 0.1) is 0 Å².